The molecule has 0 radical (unpaired) electrons. The Morgan fingerprint density at radius 3 is 2.36 bits per heavy atom. The van der Waals surface area contributed by atoms with Gasteiger partial charge in [-0.15, -0.1) is 0 Å². The maximum absolute atomic E-state index is 11.2. The standard InChI is InChI=1S/C9H14O5/c1-4(10)3-6-7(12)8(5(2)11)14-9(6)13/h3-5,7-8,10-12H,1-2H3. The number of carbonyl (C=O) groups excluding carboxylic acids is 1. The summed E-state index contributed by atoms with van der Waals surface area (Å²) in [5, 5.41) is 27.7. The summed E-state index contributed by atoms with van der Waals surface area (Å²) in [7, 11) is 0. The fourth-order valence-electron chi connectivity index (χ4n) is 1.34. The van der Waals surface area contributed by atoms with Gasteiger partial charge in [-0.1, -0.05) is 0 Å². The molecule has 5 heteroatoms. The molecule has 0 aromatic rings. The Kier molecular flexibility index (Phi) is 3.25. The average molecular weight is 202 g/mol. The first-order chi connectivity index (χ1) is 6.43. The molecule has 0 spiro atoms. The first-order valence-electron chi connectivity index (χ1n) is 4.40. The Hall–Kier alpha value is -0.910. The summed E-state index contributed by atoms with van der Waals surface area (Å²) in [6.07, 6.45) is -2.66. The van der Waals surface area contributed by atoms with E-state index in [1.807, 2.05) is 0 Å². The van der Waals surface area contributed by atoms with Crippen molar-refractivity contribution in [1.82, 2.24) is 0 Å². The van der Waals surface area contributed by atoms with Crippen molar-refractivity contribution in [3.8, 4) is 0 Å². The number of hydrogen-bond donors (Lipinski definition) is 3. The van der Waals surface area contributed by atoms with Crippen molar-refractivity contribution in [1.29, 1.82) is 0 Å². The van der Waals surface area contributed by atoms with Crippen molar-refractivity contribution in [2.75, 3.05) is 0 Å². The lowest BCUT2D eigenvalue weighted by Gasteiger charge is -2.15. The second-order valence-electron chi connectivity index (χ2n) is 3.42. The molecule has 0 aromatic carbocycles. The fourth-order valence-corrected chi connectivity index (χ4v) is 1.34. The summed E-state index contributed by atoms with van der Waals surface area (Å²) < 4.78 is 4.73. The molecule has 4 atom stereocenters. The van der Waals surface area contributed by atoms with Crippen LogP contribution in [0.5, 0.6) is 0 Å². The minimum Gasteiger partial charge on any atom is -0.453 e. The number of rotatable bonds is 2. The van der Waals surface area contributed by atoms with E-state index < -0.39 is 30.4 Å². The maximum Gasteiger partial charge on any atom is 0.337 e. The molecule has 4 unspecified atom stereocenters. The molecule has 3 N–H and O–H groups in total. The van der Waals surface area contributed by atoms with Crippen LogP contribution >= 0.6 is 0 Å². The number of cyclic esters (lactones) is 1. The highest BCUT2D eigenvalue weighted by molar-refractivity contribution is 5.92. The summed E-state index contributed by atoms with van der Waals surface area (Å²) in [5.74, 6) is -0.690. The fraction of sp³-hybridized carbons (Fsp3) is 0.667. The van der Waals surface area contributed by atoms with Gasteiger partial charge in [0, 0.05) is 0 Å². The monoisotopic (exact) mass is 202 g/mol. The molecule has 0 aliphatic carbocycles. The Bertz CT molecular complexity index is 256. The molecule has 1 aliphatic rings. The highest BCUT2D eigenvalue weighted by Crippen LogP contribution is 2.23. The second-order valence-corrected chi connectivity index (χ2v) is 3.42. The van der Waals surface area contributed by atoms with Gasteiger partial charge in [-0.2, -0.15) is 0 Å². The molecule has 5 nitrogen and oxygen atoms in total. The van der Waals surface area contributed by atoms with Crippen LogP contribution in [0.15, 0.2) is 11.6 Å². The molecule has 1 rings (SSSR count). The lowest BCUT2D eigenvalue weighted by Crippen LogP contribution is -2.32. The average Bonchev–Trinajstić information content (AvgIpc) is 2.31. The molecule has 1 saturated heterocycles. The van der Waals surface area contributed by atoms with Gasteiger partial charge in [-0.3, -0.25) is 0 Å². The van der Waals surface area contributed by atoms with Gasteiger partial charge in [0.1, 0.15) is 6.10 Å². The normalized spacial score (nSPS) is 34.4. The van der Waals surface area contributed by atoms with Crippen LogP contribution in [0.25, 0.3) is 0 Å². The van der Waals surface area contributed by atoms with E-state index in [0.29, 0.717) is 0 Å². The van der Waals surface area contributed by atoms with Crippen LogP contribution in [0.4, 0.5) is 0 Å². The summed E-state index contributed by atoms with van der Waals surface area (Å²) in [5.41, 5.74) is 0.00546. The minimum atomic E-state index is -1.17. The summed E-state index contributed by atoms with van der Waals surface area (Å²) in [4.78, 5) is 11.2. The topological polar surface area (TPSA) is 87.0 Å². The van der Waals surface area contributed by atoms with Gasteiger partial charge in [0.15, 0.2) is 6.10 Å². The van der Waals surface area contributed by atoms with E-state index in [1.165, 1.54) is 19.9 Å². The van der Waals surface area contributed by atoms with E-state index in [4.69, 9.17) is 14.9 Å². The predicted octanol–water partition coefficient (Wildman–Crippen LogP) is -1.04. The summed E-state index contributed by atoms with van der Waals surface area (Å²) >= 11 is 0. The molecular formula is C9H14O5. The third-order valence-electron chi connectivity index (χ3n) is 2.00. The van der Waals surface area contributed by atoms with Crippen molar-refractivity contribution in [2.24, 2.45) is 0 Å². The van der Waals surface area contributed by atoms with Gasteiger partial charge < -0.3 is 20.1 Å². The lowest BCUT2D eigenvalue weighted by molar-refractivity contribution is -0.144. The number of hydrogen-bond acceptors (Lipinski definition) is 5. The van der Waals surface area contributed by atoms with Crippen LogP contribution < -0.4 is 0 Å². The third-order valence-corrected chi connectivity index (χ3v) is 2.00. The van der Waals surface area contributed by atoms with Gasteiger partial charge in [-0.25, -0.2) is 4.79 Å². The number of aliphatic hydroxyl groups is 3. The van der Waals surface area contributed by atoms with E-state index in [1.54, 1.807) is 0 Å². The van der Waals surface area contributed by atoms with Crippen LogP contribution in [0.2, 0.25) is 0 Å². The van der Waals surface area contributed by atoms with E-state index in [0.717, 1.165) is 0 Å². The van der Waals surface area contributed by atoms with Gasteiger partial charge in [0.25, 0.3) is 0 Å². The van der Waals surface area contributed by atoms with Gasteiger partial charge in [-0.05, 0) is 19.9 Å². The van der Waals surface area contributed by atoms with Crippen molar-refractivity contribution < 1.29 is 24.9 Å². The molecule has 0 amide bonds. The smallest absolute Gasteiger partial charge is 0.337 e. The zero-order valence-corrected chi connectivity index (χ0v) is 8.04. The van der Waals surface area contributed by atoms with E-state index in [2.05, 4.69) is 0 Å². The third kappa shape index (κ3) is 2.12. The largest absolute Gasteiger partial charge is 0.453 e. The Morgan fingerprint density at radius 2 is 2.00 bits per heavy atom. The SMILES string of the molecule is CC(O)C=C1C(=O)OC(C(C)O)C1O. The summed E-state index contributed by atoms with van der Waals surface area (Å²) in [6.45, 7) is 2.88. The number of aliphatic hydroxyl groups excluding tert-OH is 3. The predicted molar refractivity (Wildman–Crippen MR) is 47.3 cm³/mol. The Labute approximate surface area is 81.6 Å². The number of esters is 1. The first kappa shape index (κ1) is 11.2. The second kappa shape index (κ2) is 4.08. The molecule has 0 aromatic heterocycles. The zero-order chi connectivity index (χ0) is 10.9. The number of carbonyl (C=O) groups is 1. The lowest BCUT2D eigenvalue weighted by atomic mass is 10.0. The molecule has 1 fully saturated rings. The quantitative estimate of drug-likeness (QED) is 0.393. The molecule has 14 heavy (non-hydrogen) atoms. The van der Waals surface area contributed by atoms with Crippen LogP contribution in [-0.4, -0.2) is 45.7 Å². The van der Waals surface area contributed by atoms with E-state index in [-0.39, 0.29) is 5.57 Å². The summed E-state index contributed by atoms with van der Waals surface area (Å²) in [6, 6.07) is 0. The van der Waals surface area contributed by atoms with Crippen LogP contribution in [0.3, 0.4) is 0 Å². The van der Waals surface area contributed by atoms with Crippen molar-refractivity contribution in [3.63, 3.8) is 0 Å². The molecule has 1 aliphatic heterocycles. The highest BCUT2D eigenvalue weighted by atomic mass is 16.6. The van der Waals surface area contributed by atoms with E-state index >= 15 is 0 Å². The van der Waals surface area contributed by atoms with Crippen LogP contribution in [-0.2, 0) is 9.53 Å². The van der Waals surface area contributed by atoms with E-state index in [9.17, 15) is 9.90 Å². The highest BCUT2D eigenvalue weighted by Gasteiger charge is 2.41. The maximum atomic E-state index is 11.2. The van der Waals surface area contributed by atoms with Gasteiger partial charge >= 0.3 is 5.97 Å². The van der Waals surface area contributed by atoms with Crippen molar-refractivity contribution in [2.45, 2.75) is 38.3 Å². The van der Waals surface area contributed by atoms with Crippen LogP contribution in [0.1, 0.15) is 13.8 Å². The van der Waals surface area contributed by atoms with Crippen LogP contribution in [0, 0.1) is 0 Å². The molecular weight excluding hydrogens is 188 g/mol. The molecule has 1 heterocycles. The van der Waals surface area contributed by atoms with Gasteiger partial charge in [0.2, 0.25) is 0 Å². The number of ether oxygens (including phenoxy) is 1. The zero-order valence-electron chi connectivity index (χ0n) is 8.04. The Balaban J connectivity index is 2.85. The minimum absolute atomic E-state index is 0.00546. The Morgan fingerprint density at radius 1 is 1.43 bits per heavy atom. The van der Waals surface area contributed by atoms with Gasteiger partial charge in [0.05, 0.1) is 17.8 Å². The van der Waals surface area contributed by atoms with Crippen molar-refractivity contribution in [3.05, 3.63) is 11.6 Å². The molecule has 0 bridgehead atoms. The van der Waals surface area contributed by atoms with Crippen molar-refractivity contribution >= 4 is 5.97 Å². The molecule has 0 saturated carbocycles. The molecule has 80 valence electrons. The first-order valence-corrected chi connectivity index (χ1v) is 4.40.